The van der Waals surface area contributed by atoms with Crippen LogP contribution in [0.15, 0.2) is 12.1 Å². The van der Waals surface area contributed by atoms with Crippen LogP contribution in [0.3, 0.4) is 0 Å². The van der Waals surface area contributed by atoms with E-state index >= 15 is 0 Å². The zero-order chi connectivity index (χ0) is 15.3. The van der Waals surface area contributed by atoms with E-state index in [1.807, 2.05) is 0 Å². The van der Waals surface area contributed by atoms with Gasteiger partial charge in [-0.1, -0.05) is 11.6 Å². The smallest absolute Gasteiger partial charge is 0.295 e. The minimum atomic E-state index is -0.934. The summed E-state index contributed by atoms with van der Waals surface area (Å²) in [6.07, 6.45) is -0.0902. The maximum absolute atomic E-state index is 12.4. The van der Waals surface area contributed by atoms with Crippen LogP contribution in [0.5, 0.6) is 0 Å². The fourth-order valence-corrected chi connectivity index (χ4v) is 2.75. The third kappa shape index (κ3) is 2.04. The Kier molecular flexibility index (Phi) is 2.91. The van der Waals surface area contributed by atoms with Crippen molar-refractivity contribution in [3.8, 4) is 0 Å². The van der Waals surface area contributed by atoms with Gasteiger partial charge in [0.25, 0.3) is 11.6 Å². The highest BCUT2D eigenvalue weighted by Gasteiger charge is 2.43. The number of ketones is 1. The van der Waals surface area contributed by atoms with Crippen molar-refractivity contribution in [3.63, 3.8) is 0 Å². The largest absolute Gasteiger partial charge is 0.319 e. The number of anilines is 1. The molecule has 2 amide bonds. The predicted molar refractivity (Wildman–Crippen MR) is 71.2 cm³/mol. The van der Waals surface area contributed by atoms with E-state index in [1.165, 1.54) is 6.07 Å². The maximum atomic E-state index is 12.4. The Morgan fingerprint density at radius 1 is 1.33 bits per heavy atom. The Labute approximate surface area is 122 Å². The summed E-state index contributed by atoms with van der Waals surface area (Å²) in [5.74, 6) is -1.47. The Hall–Kier alpha value is -2.48. The molecule has 1 saturated heterocycles. The number of halogens is 1. The Bertz CT molecular complexity index is 717. The lowest BCUT2D eigenvalue weighted by Gasteiger charge is -2.18. The van der Waals surface area contributed by atoms with E-state index < -0.39 is 28.5 Å². The molecule has 2 aliphatic heterocycles. The molecule has 0 aliphatic carbocycles. The molecule has 0 saturated carbocycles. The molecule has 1 aromatic carbocycles. The summed E-state index contributed by atoms with van der Waals surface area (Å²) in [4.78, 5) is 47.5. The number of benzene rings is 1. The molecule has 1 N–H and O–H groups in total. The van der Waals surface area contributed by atoms with Crippen LogP contribution in [0.25, 0.3) is 0 Å². The van der Waals surface area contributed by atoms with Gasteiger partial charge in [0.2, 0.25) is 5.91 Å². The Balaban J connectivity index is 2.20. The SMILES string of the molecule is O=C1C[C@H]2C(=O)Nc3c(cc(Cl)cc3[N+](=O)[O-])C(=O)N2C1. The minimum absolute atomic E-state index is 0.00650. The highest BCUT2D eigenvalue weighted by Crippen LogP contribution is 2.36. The zero-order valence-electron chi connectivity index (χ0n) is 10.5. The summed E-state index contributed by atoms with van der Waals surface area (Å²) in [6.45, 7) is -0.184. The van der Waals surface area contributed by atoms with Gasteiger partial charge in [-0.15, -0.1) is 0 Å². The standard InChI is InChI=1S/C12H8ClN3O5/c13-5-1-7-10(8(2-5)16(20)21)14-11(18)9-3-6(17)4-15(9)12(7)19/h1-2,9H,3-4H2,(H,14,18)/t9-/m0/s1. The number of nitro benzene ring substituents is 1. The number of fused-ring (bicyclic) bond motifs is 2. The van der Waals surface area contributed by atoms with Crippen LogP contribution in [-0.2, 0) is 9.59 Å². The average molecular weight is 310 g/mol. The van der Waals surface area contributed by atoms with Gasteiger partial charge in [0.15, 0.2) is 5.78 Å². The lowest BCUT2D eigenvalue weighted by Crippen LogP contribution is -2.40. The number of hydrogen-bond acceptors (Lipinski definition) is 5. The summed E-state index contributed by atoms with van der Waals surface area (Å²) < 4.78 is 0. The van der Waals surface area contributed by atoms with Crippen LogP contribution in [-0.4, -0.2) is 40.0 Å². The molecule has 0 bridgehead atoms. The van der Waals surface area contributed by atoms with Gasteiger partial charge < -0.3 is 10.2 Å². The molecule has 1 atom stereocenters. The first-order chi connectivity index (χ1) is 9.88. The maximum Gasteiger partial charge on any atom is 0.295 e. The number of nitro groups is 1. The molecule has 2 heterocycles. The third-order valence-electron chi connectivity index (χ3n) is 3.47. The summed E-state index contributed by atoms with van der Waals surface area (Å²) >= 11 is 5.80. The van der Waals surface area contributed by atoms with E-state index in [-0.39, 0.29) is 35.0 Å². The molecule has 0 unspecified atom stereocenters. The van der Waals surface area contributed by atoms with Crippen LogP contribution in [0.2, 0.25) is 5.02 Å². The molecular weight excluding hydrogens is 302 g/mol. The van der Waals surface area contributed by atoms with E-state index in [9.17, 15) is 24.5 Å². The fourth-order valence-electron chi connectivity index (χ4n) is 2.54. The normalized spacial score (nSPS) is 20.7. The number of carbonyl (C=O) groups is 3. The molecule has 108 valence electrons. The van der Waals surface area contributed by atoms with E-state index in [0.717, 1.165) is 11.0 Å². The van der Waals surface area contributed by atoms with Gasteiger partial charge in [-0.05, 0) is 6.07 Å². The Morgan fingerprint density at radius 2 is 2.05 bits per heavy atom. The van der Waals surface area contributed by atoms with Gasteiger partial charge >= 0.3 is 0 Å². The van der Waals surface area contributed by atoms with E-state index in [0.29, 0.717) is 0 Å². The summed E-state index contributed by atoms with van der Waals surface area (Å²) in [5.41, 5.74) is -0.715. The van der Waals surface area contributed by atoms with E-state index in [1.54, 1.807) is 0 Å². The van der Waals surface area contributed by atoms with Crippen molar-refractivity contribution in [3.05, 3.63) is 32.8 Å². The topological polar surface area (TPSA) is 110 Å². The molecule has 0 radical (unpaired) electrons. The average Bonchev–Trinajstić information content (AvgIpc) is 2.77. The second-order valence-corrected chi connectivity index (χ2v) is 5.22. The first-order valence-electron chi connectivity index (χ1n) is 6.00. The molecular formula is C12H8ClN3O5. The molecule has 1 aromatic rings. The van der Waals surface area contributed by atoms with Crippen LogP contribution >= 0.6 is 11.6 Å². The Morgan fingerprint density at radius 3 is 2.71 bits per heavy atom. The van der Waals surface area contributed by atoms with Crippen molar-refractivity contribution >= 4 is 40.6 Å². The fraction of sp³-hybridized carbons (Fsp3) is 0.250. The number of nitrogens with zero attached hydrogens (tertiary/aromatic N) is 2. The second-order valence-electron chi connectivity index (χ2n) is 4.79. The van der Waals surface area contributed by atoms with Crippen LogP contribution in [0.1, 0.15) is 16.8 Å². The van der Waals surface area contributed by atoms with Gasteiger partial charge in [0.1, 0.15) is 11.7 Å². The highest BCUT2D eigenvalue weighted by molar-refractivity contribution is 6.32. The third-order valence-corrected chi connectivity index (χ3v) is 3.68. The van der Waals surface area contributed by atoms with Crippen molar-refractivity contribution in [1.29, 1.82) is 0 Å². The number of amides is 2. The molecule has 0 aromatic heterocycles. The van der Waals surface area contributed by atoms with E-state index in [4.69, 9.17) is 11.6 Å². The second kappa shape index (κ2) is 4.52. The van der Waals surface area contributed by atoms with Gasteiger partial charge in [0.05, 0.1) is 17.0 Å². The van der Waals surface area contributed by atoms with Gasteiger partial charge in [-0.2, -0.15) is 0 Å². The zero-order valence-corrected chi connectivity index (χ0v) is 11.2. The van der Waals surface area contributed by atoms with Crippen molar-refractivity contribution in [2.45, 2.75) is 12.5 Å². The molecule has 0 spiro atoms. The van der Waals surface area contributed by atoms with Gasteiger partial charge in [-0.3, -0.25) is 24.5 Å². The van der Waals surface area contributed by atoms with Crippen LogP contribution in [0.4, 0.5) is 11.4 Å². The summed E-state index contributed by atoms with van der Waals surface area (Å²) in [7, 11) is 0. The number of nitrogens with one attached hydrogen (secondary N) is 1. The quantitative estimate of drug-likeness (QED) is 0.614. The molecule has 3 rings (SSSR count). The molecule has 8 nitrogen and oxygen atoms in total. The monoisotopic (exact) mass is 309 g/mol. The molecule has 9 heteroatoms. The van der Waals surface area contributed by atoms with Crippen LogP contribution in [0, 0.1) is 10.1 Å². The number of rotatable bonds is 1. The lowest BCUT2D eigenvalue weighted by atomic mass is 10.1. The van der Waals surface area contributed by atoms with Gasteiger partial charge in [0, 0.05) is 17.5 Å². The summed E-state index contributed by atoms with van der Waals surface area (Å²) in [6, 6.07) is 1.38. The predicted octanol–water partition coefficient (Wildman–Crippen LogP) is 0.984. The molecule has 2 aliphatic rings. The minimum Gasteiger partial charge on any atom is -0.319 e. The number of hydrogen-bond donors (Lipinski definition) is 1. The van der Waals surface area contributed by atoms with E-state index in [2.05, 4.69) is 5.32 Å². The first-order valence-corrected chi connectivity index (χ1v) is 6.37. The van der Waals surface area contributed by atoms with Crippen LogP contribution < -0.4 is 5.32 Å². The van der Waals surface area contributed by atoms with Crippen molar-refractivity contribution in [2.75, 3.05) is 11.9 Å². The highest BCUT2D eigenvalue weighted by atomic mass is 35.5. The van der Waals surface area contributed by atoms with Gasteiger partial charge in [-0.25, -0.2) is 0 Å². The first kappa shape index (κ1) is 13.5. The van der Waals surface area contributed by atoms with Crippen molar-refractivity contribution in [2.24, 2.45) is 0 Å². The van der Waals surface area contributed by atoms with Crippen molar-refractivity contribution < 1.29 is 19.3 Å². The lowest BCUT2D eigenvalue weighted by molar-refractivity contribution is -0.383. The molecule has 21 heavy (non-hydrogen) atoms. The summed E-state index contributed by atoms with van der Waals surface area (Å²) in [5, 5.41) is 13.4. The molecule has 1 fully saturated rings. The number of carbonyl (C=O) groups excluding carboxylic acids is 3. The number of Topliss-reactive ketones (excluding diaryl/α,β-unsaturated/α-hetero) is 1. The van der Waals surface area contributed by atoms with Crippen molar-refractivity contribution in [1.82, 2.24) is 4.90 Å².